The van der Waals surface area contributed by atoms with Crippen molar-refractivity contribution < 1.29 is 9.59 Å². The molecule has 0 aliphatic rings. The Morgan fingerprint density at radius 3 is 2.42 bits per heavy atom. The molecule has 0 saturated heterocycles. The van der Waals surface area contributed by atoms with Crippen molar-refractivity contribution in [3.05, 3.63) is 58.4 Å². The van der Waals surface area contributed by atoms with Gasteiger partial charge in [0.1, 0.15) is 11.6 Å². The highest BCUT2D eigenvalue weighted by Gasteiger charge is 2.13. The van der Waals surface area contributed by atoms with Gasteiger partial charge in [-0.2, -0.15) is 5.26 Å². The van der Waals surface area contributed by atoms with Crippen molar-refractivity contribution >= 4 is 23.5 Å². The molecule has 0 fully saturated rings. The van der Waals surface area contributed by atoms with Gasteiger partial charge in [-0.15, -0.1) is 0 Å². The maximum Gasteiger partial charge on any atom is 0.266 e. The molecule has 2 rings (SSSR count). The van der Waals surface area contributed by atoms with Crippen molar-refractivity contribution in [2.45, 2.75) is 40.7 Å². The lowest BCUT2D eigenvalue weighted by atomic mass is 10.1. The third kappa shape index (κ3) is 4.28. The van der Waals surface area contributed by atoms with Gasteiger partial charge in [0.25, 0.3) is 5.91 Å². The number of Topliss-reactive ketones (excluding diaryl/α,β-unsaturated/α-hetero) is 1. The summed E-state index contributed by atoms with van der Waals surface area (Å²) in [4.78, 5) is 23.7. The molecule has 26 heavy (non-hydrogen) atoms. The van der Waals surface area contributed by atoms with E-state index in [1.807, 2.05) is 26.0 Å². The molecular formula is C21H23N3O2. The molecule has 2 aromatic rings. The van der Waals surface area contributed by atoms with E-state index in [0.717, 1.165) is 29.9 Å². The summed E-state index contributed by atoms with van der Waals surface area (Å²) in [5.74, 6) is -0.508. The number of anilines is 1. The fraction of sp³-hybridized carbons (Fsp3) is 0.286. The van der Waals surface area contributed by atoms with Crippen LogP contribution in [0.1, 0.15) is 47.6 Å². The van der Waals surface area contributed by atoms with Gasteiger partial charge in [0.05, 0.1) is 0 Å². The van der Waals surface area contributed by atoms with Crippen LogP contribution in [0.2, 0.25) is 0 Å². The molecule has 0 saturated carbocycles. The fourth-order valence-electron chi connectivity index (χ4n) is 2.83. The third-order valence-electron chi connectivity index (χ3n) is 4.27. The number of rotatable bonds is 6. The number of carbonyl (C=O) groups excluding carboxylic acids is 2. The van der Waals surface area contributed by atoms with Crippen LogP contribution in [0.3, 0.4) is 0 Å². The van der Waals surface area contributed by atoms with Crippen LogP contribution in [0, 0.1) is 25.2 Å². The van der Waals surface area contributed by atoms with Gasteiger partial charge in [0.15, 0.2) is 5.78 Å². The third-order valence-corrected chi connectivity index (χ3v) is 4.27. The first-order valence-corrected chi connectivity index (χ1v) is 8.58. The number of nitriles is 1. The molecule has 1 N–H and O–H groups in total. The topological polar surface area (TPSA) is 74.9 Å². The summed E-state index contributed by atoms with van der Waals surface area (Å²) in [5.41, 5.74) is 4.16. The fourth-order valence-corrected chi connectivity index (χ4v) is 2.83. The van der Waals surface area contributed by atoms with Crippen molar-refractivity contribution in [1.29, 1.82) is 5.26 Å². The van der Waals surface area contributed by atoms with E-state index in [1.165, 1.54) is 6.92 Å². The van der Waals surface area contributed by atoms with Crippen molar-refractivity contribution in [3.63, 3.8) is 0 Å². The van der Waals surface area contributed by atoms with Gasteiger partial charge >= 0.3 is 0 Å². The average Bonchev–Trinajstić information content (AvgIpc) is 2.87. The lowest BCUT2D eigenvalue weighted by molar-refractivity contribution is -0.112. The molecule has 1 heterocycles. The smallest absolute Gasteiger partial charge is 0.266 e. The summed E-state index contributed by atoms with van der Waals surface area (Å²) in [6.45, 7) is 8.51. The molecule has 1 aromatic heterocycles. The normalized spacial score (nSPS) is 11.1. The second-order valence-corrected chi connectivity index (χ2v) is 6.24. The molecular weight excluding hydrogens is 326 g/mol. The Labute approximate surface area is 153 Å². The van der Waals surface area contributed by atoms with Crippen LogP contribution in [-0.4, -0.2) is 16.3 Å². The van der Waals surface area contributed by atoms with Gasteiger partial charge < -0.3 is 9.88 Å². The molecule has 1 amide bonds. The van der Waals surface area contributed by atoms with Crippen LogP contribution in [0.25, 0.3) is 6.08 Å². The predicted octanol–water partition coefficient (Wildman–Crippen LogP) is 4.26. The molecule has 134 valence electrons. The summed E-state index contributed by atoms with van der Waals surface area (Å²) in [5, 5.41) is 12.1. The van der Waals surface area contributed by atoms with Gasteiger partial charge in [-0.25, -0.2) is 0 Å². The number of aromatic nitrogens is 1. The lowest BCUT2D eigenvalue weighted by Gasteiger charge is -2.07. The zero-order valence-corrected chi connectivity index (χ0v) is 15.6. The minimum atomic E-state index is -0.469. The zero-order chi connectivity index (χ0) is 19.3. The Balaban J connectivity index is 2.23. The molecule has 0 spiro atoms. The average molecular weight is 349 g/mol. The van der Waals surface area contributed by atoms with Gasteiger partial charge in [0, 0.05) is 29.2 Å². The standard InChI is InChI=1S/C21H23N3O2/c1-5-10-24-14(2)11-18(15(24)3)12-19(13-22)21(26)23-20-8-6-17(7-9-20)16(4)25/h6-9,11-12H,5,10H2,1-4H3,(H,23,26)/b19-12+. The predicted molar refractivity (Wildman–Crippen MR) is 103 cm³/mol. The number of amides is 1. The number of carbonyl (C=O) groups is 2. The highest BCUT2D eigenvalue weighted by Crippen LogP contribution is 2.19. The Hall–Kier alpha value is -3.13. The number of hydrogen-bond donors (Lipinski definition) is 1. The van der Waals surface area contributed by atoms with E-state index >= 15 is 0 Å². The quantitative estimate of drug-likeness (QED) is 0.481. The van der Waals surface area contributed by atoms with E-state index in [1.54, 1.807) is 30.3 Å². The molecule has 0 aliphatic heterocycles. The van der Waals surface area contributed by atoms with Crippen LogP contribution in [0.5, 0.6) is 0 Å². The van der Waals surface area contributed by atoms with Gasteiger partial charge in [-0.1, -0.05) is 6.92 Å². The highest BCUT2D eigenvalue weighted by molar-refractivity contribution is 6.09. The number of aryl methyl sites for hydroxylation is 1. The molecule has 5 heteroatoms. The minimum absolute atomic E-state index is 0.0390. The molecule has 0 bridgehead atoms. The van der Waals surface area contributed by atoms with Gasteiger partial charge in [-0.05, 0) is 69.2 Å². The SMILES string of the molecule is CCCn1c(C)cc(/C=C(\C#N)C(=O)Nc2ccc(C(C)=O)cc2)c1C. The van der Waals surface area contributed by atoms with E-state index in [2.05, 4.69) is 16.8 Å². The first-order valence-electron chi connectivity index (χ1n) is 8.58. The summed E-state index contributed by atoms with van der Waals surface area (Å²) in [7, 11) is 0. The first-order chi connectivity index (χ1) is 12.4. The Morgan fingerprint density at radius 1 is 1.23 bits per heavy atom. The molecule has 0 unspecified atom stereocenters. The lowest BCUT2D eigenvalue weighted by Crippen LogP contribution is -2.13. The summed E-state index contributed by atoms with van der Waals surface area (Å²) < 4.78 is 2.18. The van der Waals surface area contributed by atoms with E-state index in [4.69, 9.17) is 0 Å². The second-order valence-electron chi connectivity index (χ2n) is 6.24. The molecule has 5 nitrogen and oxygen atoms in total. The van der Waals surface area contributed by atoms with Crippen molar-refractivity contribution in [3.8, 4) is 6.07 Å². The van der Waals surface area contributed by atoms with Gasteiger partial charge in [0.2, 0.25) is 0 Å². The molecule has 0 radical (unpaired) electrons. The summed E-state index contributed by atoms with van der Waals surface area (Å²) >= 11 is 0. The van der Waals surface area contributed by atoms with E-state index < -0.39 is 5.91 Å². The number of hydrogen-bond acceptors (Lipinski definition) is 3. The molecule has 1 aromatic carbocycles. The second kappa shape index (κ2) is 8.30. The zero-order valence-electron chi connectivity index (χ0n) is 15.6. The van der Waals surface area contributed by atoms with Gasteiger partial charge in [-0.3, -0.25) is 9.59 Å². The minimum Gasteiger partial charge on any atom is -0.349 e. The maximum absolute atomic E-state index is 12.4. The largest absolute Gasteiger partial charge is 0.349 e. The van der Waals surface area contributed by atoms with Crippen LogP contribution < -0.4 is 5.32 Å². The Kier molecular flexibility index (Phi) is 6.13. The van der Waals surface area contributed by atoms with Crippen molar-refractivity contribution in [1.82, 2.24) is 4.57 Å². The number of ketones is 1. The maximum atomic E-state index is 12.4. The van der Waals surface area contributed by atoms with Crippen LogP contribution >= 0.6 is 0 Å². The number of benzene rings is 1. The Bertz CT molecular complexity index is 897. The molecule has 0 aliphatic carbocycles. The van der Waals surface area contributed by atoms with Crippen LogP contribution in [-0.2, 0) is 11.3 Å². The van der Waals surface area contributed by atoms with E-state index in [9.17, 15) is 14.9 Å². The Morgan fingerprint density at radius 2 is 1.88 bits per heavy atom. The van der Waals surface area contributed by atoms with E-state index in [-0.39, 0.29) is 11.4 Å². The van der Waals surface area contributed by atoms with Crippen molar-refractivity contribution in [2.75, 3.05) is 5.32 Å². The van der Waals surface area contributed by atoms with E-state index in [0.29, 0.717) is 11.3 Å². The number of nitrogens with zero attached hydrogens (tertiary/aromatic N) is 2. The van der Waals surface area contributed by atoms with Crippen LogP contribution in [0.4, 0.5) is 5.69 Å². The highest BCUT2D eigenvalue weighted by atomic mass is 16.1. The van der Waals surface area contributed by atoms with Crippen LogP contribution in [0.15, 0.2) is 35.9 Å². The monoisotopic (exact) mass is 349 g/mol. The summed E-state index contributed by atoms with van der Waals surface area (Å²) in [6, 6.07) is 10.5. The number of nitrogens with one attached hydrogen (secondary N) is 1. The van der Waals surface area contributed by atoms with Crippen molar-refractivity contribution in [2.24, 2.45) is 0 Å². The first kappa shape index (κ1) is 19.2. The molecule has 0 atom stereocenters. The summed E-state index contributed by atoms with van der Waals surface area (Å²) in [6.07, 6.45) is 2.63.